The number of nitrogens with one attached hydrogen (secondary N) is 1. The smallest absolute Gasteiger partial charge is 0.270 e. The van der Waals surface area contributed by atoms with Crippen LogP contribution in [0, 0.1) is 5.92 Å². The van der Waals surface area contributed by atoms with Gasteiger partial charge in [0.2, 0.25) is 5.91 Å². The van der Waals surface area contributed by atoms with E-state index in [2.05, 4.69) is 10.4 Å². The summed E-state index contributed by atoms with van der Waals surface area (Å²) in [5, 5.41) is 7.91. The third kappa shape index (κ3) is 4.64. The Balaban J connectivity index is 1.74. The lowest BCUT2D eigenvalue weighted by atomic mass is 10.0. The molecule has 0 aliphatic carbocycles. The highest BCUT2D eigenvalue weighted by Gasteiger charge is 2.40. The summed E-state index contributed by atoms with van der Waals surface area (Å²) in [5.41, 5.74) is 0.775. The molecule has 2 aromatic rings. The first-order chi connectivity index (χ1) is 14.1. The lowest BCUT2D eigenvalue weighted by Crippen LogP contribution is -2.36. The number of hydrogen-bond acceptors (Lipinski definition) is 4. The van der Waals surface area contributed by atoms with Gasteiger partial charge in [0, 0.05) is 18.2 Å². The van der Waals surface area contributed by atoms with E-state index in [1.54, 1.807) is 31.2 Å². The zero-order valence-corrected chi connectivity index (χ0v) is 17.1. The molecule has 0 radical (unpaired) electrons. The minimum Gasteiger partial charge on any atom is -0.491 e. The molecule has 1 aliphatic heterocycles. The van der Waals surface area contributed by atoms with Crippen LogP contribution in [0.4, 0.5) is 20.2 Å². The van der Waals surface area contributed by atoms with E-state index in [9.17, 15) is 18.4 Å². The number of amides is 2. The molecule has 158 valence electrons. The Morgan fingerprint density at radius 2 is 1.87 bits per heavy atom. The molecule has 3 rings (SSSR count). The van der Waals surface area contributed by atoms with E-state index >= 15 is 0 Å². The van der Waals surface area contributed by atoms with Gasteiger partial charge in [-0.2, -0.15) is 10.1 Å². The van der Waals surface area contributed by atoms with Crippen molar-refractivity contribution < 1.29 is 23.1 Å². The Bertz CT molecular complexity index is 982. The highest BCUT2D eigenvalue weighted by Crippen LogP contribution is 2.30. The van der Waals surface area contributed by atoms with Crippen LogP contribution in [-0.4, -0.2) is 23.6 Å². The maximum absolute atomic E-state index is 13.5. The van der Waals surface area contributed by atoms with Crippen LogP contribution in [0.5, 0.6) is 5.75 Å². The minimum absolute atomic E-state index is 0.0174. The van der Waals surface area contributed by atoms with E-state index in [1.165, 1.54) is 24.3 Å². The highest BCUT2D eigenvalue weighted by atomic mass is 19.3. The van der Waals surface area contributed by atoms with Crippen molar-refractivity contribution in [2.24, 2.45) is 11.0 Å². The van der Waals surface area contributed by atoms with Gasteiger partial charge in [-0.15, -0.1) is 0 Å². The number of alkyl halides is 2. The van der Waals surface area contributed by atoms with Gasteiger partial charge in [0.1, 0.15) is 5.75 Å². The van der Waals surface area contributed by atoms with E-state index in [1.807, 2.05) is 13.8 Å². The number of anilines is 2. The highest BCUT2D eigenvalue weighted by molar-refractivity contribution is 6.28. The van der Waals surface area contributed by atoms with Crippen molar-refractivity contribution in [1.29, 1.82) is 0 Å². The number of carbonyl (C=O) groups excluding carboxylic acids is 2. The minimum atomic E-state index is -3.04. The lowest BCUT2D eigenvalue weighted by molar-refractivity contribution is -0.127. The fourth-order valence-electron chi connectivity index (χ4n) is 3.08. The summed E-state index contributed by atoms with van der Waals surface area (Å²) in [4.78, 5) is 25.5. The Hall–Kier alpha value is -3.29. The second-order valence-corrected chi connectivity index (χ2v) is 7.44. The predicted molar refractivity (Wildman–Crippen MR) is 111 cm³/mol. The standard InChI is InChI=1S/C22H23F2N3O3/c1-13(2)30-18-10-8-17(9-11-18)27-21(29)19(14(3)26-27)20(28)25-16-7-5-6-15(12-16)22(4,23)24/h5-13,19H,1-4H3,(H,25,28). The van der Waals surface area contributed by atoms with Gasteiger partial charge in [0.25, 0.3) is 11.8 Å². The maximum Gasteiger partial charge on any atom is 0.270 e. The molecule has 2 amide bonds. The van der Waals surface area contributed by atoms with E-state index in [4.69, 9.17) is 4.74 Å². The second kappa shape index (κ2) is 8.22. The average molecular weight is 415 g/mol. The summed E-state index contributed by atoms with van der Waals surface area (Å²) in [7, 11) is 0. The maximum atomic E-state index is 13.5. The zero-order chi connectivity index (χ0) is 22.1. The summed E-state index contributed by atoms with van der Waals surface area (Å²) < 4.78 is 32.6. The van der Waals surface area contributed by atoms with Gasteiger partial charge < -0.3 is 10.1 Å². The van der Waals surface area contributed by atoms with Crippen molar-refractivity contribution in [3.8, 4) is 5.75 Å². The fraction of sp³-hybridized carbons (Fsp3) is 0.318. The van der Waals surface area contributed by atoms with Crippen molar-refractivity contribution in [3.05, 3.63) is 54.1 Å². The SMILES string of the molecule is CC1=NN(c2ccc(OC(C)C)cc2)C(=O)C1C(=O)Nc1cccc(C(C)(F)F)c1. The molecule has 0 saturated carbocycles. The number of nitrogens with zero attached hydrogens (tertiary/aromatic N) is 2. The largest absolute Gasteiger partial charge is 0.491 e. The van der Waals surface area contributed by atoms with Crippen LogP contribution in [0.25, 0.3) is 0 Å². The first kappa shape index (κ1) is 21.4. The molecule has 1 aliphatic rings. The number of hydrogen-bond donors (Lipinski definition) is 1. The van der Waals surface area contributed by atoms with Crippen molar-refractivity contribution in [2.45, 2.75) is 39.7 Å². The van der Waals surface area contributed by atoms with Gasteiger partial charge in [-0.3, -0.25) is 9.59 Å². The first-order valence-corrected chi connectivity index (χ1v) is 9.51. The molecule has 1 N–H and O–H groups in total. The van der Waals surface area contributed by atoms with Gasteiger partial charge in [0.05, 0.1) is 17.5 Å². The van der Waals surface area contributed by atoms with E-state index < -0.39 is 23.7 Å². The third-order valence-electron chi connectivity index (χ3n) is 4.48. The van der Waals surface area contributed by atoms with Crippen LogP contribution < -0.4 is 15.1 Å². The zero-order valence-electron chi connectivity index (χ0n) is 17.1. The molecule has 0 saturated heterocycles. The monoisotopic (exact) mass is 415 g/mol. The lowest BCUT2D eigenvalue weighted by Gasteiger charge is -2.16. The van der Waals surface area contributed by atoms with E-state index in [0.717, 1.165) is 11.9 Å². The molecule has 0 aromatic heterocycles. The van der Waals surface area contributed by atoms with Crippen LogP contribution >= 0.6 is 0 Å². The Morgan fingerprint density at radius 3 is 2.47 bits per heavy atom. The molecule has 8 heteroatoms. The molecular weight excluding hydrogens is 392 g/mol. The van der Waals surface area contributed by atoms with E-state index in [-0.39, 0.29) is 17.4 Å². The molecule has 1 unspecified atom stereocenters. The topological polar surface area (TPSA) is 71.0 Å². The Labute approximate surface area is 173 Å². The number of carbonyl (C=O) groups is 2. The van der Waals surface area contributed by atoms with Crippen molar-refractivity contribution in [1.82, 2.24) is 0 Å². The van der Waals surface area contributed by atoms with Gasteiger partial charge >= 0.3 is 0 Å². The molecule has 0 spiro atoms. The van der Waals surface area contributed by atoms with Crippen molar-refractivity contribution >= 4 is 28.9 Å². The molecule has 1 atom stereocenters. The fourth-order valence-corrected chi connectivity index (χ4v) is 3.08. The van der Waals surface area contributed by atoms with Crippen LogP contribution in [-0.2, 0) is 15.5 Å². The summed E-state index contributed by atoms with van der Waals surface area (Å²) in [5.74, 6) is -4.66. The van der Waals surface area contributed by atoms with Crippen LogP contribution in [0.15, 0.2) is 53.6 Å². The number of hydrazone groups is 1. The quantitative estimate of drug-likeness (QED) is 0.703. The van der Waals surface area contributed by atoms with Crippen LogP contribution in [0.1, 0.15) is 33.3 Å². The average Bonchev–Trinajstić information content (AvgIpc) is 2.95. The molecule has 0 bridgehead atoms. The molecule has 30 heavy (non-hydrogen) atoms. The normalized spacial score (nSPS) is 16.6. The van der Waals surface area contributed by atoms with Gasteiger partial charge in [-0.1, -0.05) is 12.1 Å². The van der Waals surface area contributed by atoms with E-state index in [0.29, 0.717) is 17.1 Å². The summed E-state index contributed by atoms with van der Waals surface area (Å²) in [6.45, 7) is 6.17. The molecule has 2 aromatic carbocycles. The van der Waals surface area contributed by atoms with Gasteiger partial charge in [-0.25, -0.2) is 8.78 Å². The van der Waals surface area contributed by atoms with Crippen molar-refractivity contribution in [3.63, 3.8) is 0 Å². The second-order valence-electron chi connectivity index (χ2n) is 7.44. The molecule has 6 nitrogen and oxygen atoms in total. The number of benzene rings is 2. The first-order valence-electron chi connectivity index (χ1n) is 9.51. The van der Waals surface area contributed by atoms with Crippen LogP contribution in [0.3, 0.4) is 0 Å². The predicted octanol–water partition coefficient (Wildman–Crippen LogP) is 4.56. The number of halogens is 2. The molecule has 1 heterocycles. The summed E-state index contributed by atoms with van der Waals surface area (Å²) >= 11 is 0. The third-order valence-corrected chi connectivity index (χ3v) is 4.48. The van der Waals surface area contributed by atoms with Crippen molar-refractivity contribution in [2.75, 3.05) is 10.3 Å². The molecule has 0 fully saturated rings. The summed E-state index contributed by atoms with van der Waals surface area (Å²) in [6.07, 6.45) is 0.0174. The number of ether oxygens (including phenoxy) is 1. The molecular formula is C22H23F2N3O3. The van der Waals surface area contributed by atoms with Crippen LogP contribution in [0.2, 0.25) is 0 Å². The van der Waals surface area contributed by atoms with Gasteiger partial charge in [-0.05, 0) is 57.2 Å². The Morgan fingerprint density at radius 1 is 1.20 bits per heavy atom. The van der Waals surface area contributed by atoms with Gasteiger partial charge in [0.15, 0.2) is 5.92 Å². The summed E-state index contributed by atoms with van der Waals surface area (Å²) in [6, 6.07) is 12.2. The number of rotatable bonds is 6. The Kier molecular flexibility index (Phi) is 5.87.